The summed E-state index contributed by atoms with van der Waals surface area (Å²) in [5.41, 5.74) is 0.628. The van der Waals surface area contributed by atoms with E-state index >= 15 is 0 Å². The highest BCUT2D eigenvalue weighted by Gasteiger charge is 2.04. The molecule has 1 aromatic rings. The van der Waals surface area contributed by atoms with Crippen LogP contribution in [0.4, 0.5) is 4.39 Å². The molecule has 0 N–H and O–H groups in total. The summed E-state index contributed by atoms with van der Waals surface area (Å²) in [7, 11) is 0. The fraction of sp³-hybridized carbons (Fsp3) is 0.125. The van der Waals surface area contributed by atoms with Crippen LogP contribution >= 0.6 is 22.6 Å². The number of pyridine rings is 1. The van der Waals surface area contributed by atoms with Gasteiger partial charge in [0.1, 0.15) is 0 Å². The third-order valence-electron chi connectivity index (χ3n) is 1.29. The molecule has 0 aliphatic rings. The van der Waals surface area contributed by atoms with Gasteiger partial charge in [-0.2, -0.15) is 4.39 Å². The maximum Gasteiger partial charge on any atom is 0.217 e. The average molecular weight is 263 g/mol. The molecule has 1 heterocycles. The van der Waals surface area contributed by atoms with Crippen LogP contribution < -0.4 is 0 Å². The Kier molecular flexibility index (Phi) is 2.99. The first-order valence-electron chi connectivity index (χ1n) is 3.15. The molecule has 58 valence electrons. The van der Waals surface area contributed by atoms with Crippen LogP contribution in [0.3, 0.4) is 0 Å². The van der Waals surface area contributed by atoms with Crippen LogP contribution in [0.15, 0.2) is 24.9 Å². The zero-order valence-corrected chi connectivity index (χ0v) is 8.01. The van der Waals surface area contributed by atoms with Gasteiger partial charge in [-0.3, -0.25) is 0 Å². The van der Waals surface area contributed by atoms with Crippen molar-refractivity contribution in [2.45, 2.75) is 6.42 Å². The van der Waals surface area contributed by atoms with E-state index in [-0.39, 0.29) is 0 Å². The molecule has 1 rings (SSSR count). The highest BCUT2D eigenvalue weighted by atomic mass is 127. The van der Waals surface area contributed by atoms with Gasteiger partial charge in [-0.1, -0.05) is 6.08 Å². The predicted octanol–water partition coefficient (Wildman–Crippen LogP) is 2.55. The lowest BCUT2D eigenvalue weighted by atomic mass is 10.2. The topological polar surface area (TPSA) is 12.9 Å². The second kappa shape index (κ2) is 3.80. The number of aromatic nitrogens is 1. The first kappa shape index (κ1) is 8.64. The molecule has 0 aliphatic heterocycles. The van der Waals surface area contributed by atoms with Crippen LogP contribution in [0.5, 0.6) is 0 Å². The standard InChI is InChI=1S/C8H7FIN/c1-2-3-6-7(10)4-5-11-8(6)9/h2,4-5H,1,3H2. The first-order valence-corrected chi connectivity index (χ1v) is 4.23. The summed E-state index contributed by atoms with van der Waals surface area (Å²) in [6, 6.07) is 1.78. The number of nitrogens with zero attached hydrogens (tertiary/aromatic N) is 1. The van der Waals surface area contributed by atoms with Crippen molar-refractivity contribution in [1.29, 1.82) is 0 Å². The first-order chi connectivity index (χ1) is 5.25. The van der Waals surface area contributed by atoms with Crippen molar-refractivity contribution >= 4 is 22.6 Å². The highest BCUT2D eigenvalue weighted by molar-refractivity contribution is 14.1. The van der Waals surface area contributed by atoms with E-state index < -0.39 is 5.95 Å². The Morgan fingerprint density at radius 1 is 1.73 bits per heavy atom. The second-order valence-corrected chi connectivity index (χ2v) is 3.22. The van der Waals surface area contributed by atoms with Crippen molar-refractivity contribution in [2.75, 3.05) is 0 Å². The van der Waals surface area contributed by atoms with Crippen LogP contribution in [0.25, 0.3) is 0 Å². The highest BCUT2D eigenvalue weighted by Crippen LogP contribution is 2.14. The molecular formula is C8H7FIN. The zero-order chi connectivity index (χ0) is 8.27. The predicted molar refractivity (Wildman–Crippen MR) is 50.8 cm³/mol. The number of hydrogen-bond donors (Lipinski definition) is 0. The Balaban J connectivity index is 3.09. The van der Waals surface area contributed by atoms with Crippen molar-refractivity contribution in [1.82, 2.24) is 4.98 Å². The van der Waals surface area contributed by atoms with Crippen LogP contribution in [-0.4, -0.2) is 4.98 Å². The number of hydrogen-bond acceptors (Lipinski definition) is 1. The van der Waals surface area contributed by atoms with Crippen molar-refractivity contribution in [3.8, 4) is 0 Å². The minimum absolute atomic E-state index is 0.392. The van der Waals surface area contributed by atoms with Gasteiger partial charge in [-0.15, -0.1) is 6.58 Å². The smallest absolute Gasteiger partial charge is 0.217 e. The van der Waals surface area contributed by atoms with Crippen molar-refractivity contribution in [3.05, 3.63) is 40.0 Å². The molecule has 0 fully saturated rings. The molecule has 0 saturated heterocycles. The maximum absolute atomic E-state index is 12.9. The Bertz CT molecular complexity index is 253. The molecule has 0 aliphatic carbocycles. The second-order valence-electron chi connectivity index (χ2n) is 2.05. The van der Waals surface area contributed by atoms with E-state index in [1.165, 1.54) is 6.20 Å². The van der Waals surface area contributed by atoms with Gasteiger partial charge in [0.15, 0.2) is 0 Å². The fourth-order valence-corrected chi connectivity index (χ4v) is 1.37. The van der Waals surface area contributed by atoms with E-state index in [2.05, 4.69) is 34.2 Å². The number of halogens is 2. The summed E-state index contributed by atoms with van der Waals surface area (Å²) in [4.78, 5) is 3.54. The lowest BCUT2D eigenvalue weighted by molar-refractivity contribution is 0.569. The number of rotatable bonds is 2. The van der Waals surface area contributed by atoms with E-state index in [0.717, 1.165) is 3.57 Å². The lowest BCUT2D eigenvalue weighted by Crippen LogP contribution is -1.94. The summed E-state index contributed by atoms with van der Waals surface area (Å²) in [5.74, 6) is -0.392. The normalized spacial score (nSPS) is 9.64. The molecule has 0 atom stereocenters. The average Bonchev–Trinajstić information content (AvgIpc) is 1.97. The van der Waals surface area contributed by atoms with E-state index in [4.69, 9.17) is 0 Å². The molecule has 11 heavy (non-hydrogen) atoms. The van der Waals surface area contributed by atoms with Crippen LogP contribution in [0.2, 0.25) is 0 Å². The molecule has 0 saturated carbocycles. The molecule has 0 radical (unpaired) electrons. The van der Waals surface area contributed by atoms with Gasteiger partial charge in [0, 0.05) is 15.3 Å². The maximum atomic E-state index is 12.9. The molecule has 1 nitrogen and oxygen atoms in total. The van der Waals surface area contributed by atoms with Gasteiger partial charge in [0.2, 0.25) is 5.95 Å². The van der Waals surface area contributed by atoms with Crippen molar-refractivity contribution < 1.29 is 4.39 Å². The summed E-state index contributed by atoms with van der Waals surface area (Å²) < 4.78 is 13.8. The third kappa shape index (κ3) is 1.99. The fourth-order valence-electron chi connectivity index (χ4n) is 0.771. The Hall–Kier alpha value is -0.450. The Morgan fingerprint density at radius 3 is 3.00 bits per heavy atom. The zero-order valence-electron chi connectivity index (χ0n) is 5.85. The molecule has 3 heteroatoms. The molecule has 0 bridgehead atoms. The summed E-state index contributed by atoms with van der Waals surface area (Å²) in [6.45, 7) is 3.54. The third-order valence-corrected chi connectivity index (χ3v) is 2.31. The van der Waals surface area contributed by atoms with E-state index in [9.17, 15) is 4.39 Å². The van der Waals surface area contributed by atoms with E-state index in [1.54, 1.807) is 12.1 Å². The van der Waals surface area contributed by atoms with E-state index in [0.29, 0.717) is 12.0 Å². The van der Waals surface area contributed by atoms with Gasteiger partial charge in [0.25, 0.3) is 0 Å². The minimum atomic E-state index is -0.392. The SMILES string of the molecule is C=CCc1c(I)ccnc1F. The molecule has 0 unspecified atom stereocenters. The van der Waals surface area contributed by atoms with Crippen molar-refractivity contribution in [2.24, 2.45) is 0 Å². The van der Waals surface area contributed by atoms with E-state index in [1.807, 2.05) is 0 Å². The minimum Gasteiger partial charge on any atom is -0.228 e. The van der Waals surface area contributed by atoms with Gasteiger partial charge >= 0.3 is 0 Å². The van der Waals surface area contributed by atoms with Crippen molar-refractivity contribution in [3.63, 3.8) is 0 Å². The number of allylic oxidation sites excluding steroid dienone is 1. The molecule has 0 spiro atoms. The molecule has 0 aromatic carbocycles. The molecule has 0 amide bonds. The van der Waals surface area contributed by atoms with Crippen LogP contribution in [-0.2, 0) is 6.42 Å². The molecular weight excluding hydrogens is 256 g/mol. The van der Waals surface area contributed by atoms with Gasteiger partial charge < -0.3 is 0 Å². The quantitative estimate of drug-likeness (QED) is 0.454. The van der Waals surface area contributed by atoms with Crippen LogP contribution in [0.1, 0.15) is 5.56 Å². The Labute approximate surface area is 78.5 Å². The van der Waals surface area contributed by atoms with Gasteiger partial charge in [-0.05, 0) is 35.1 Å². The Morgan fingerprint density at radius 2 is 2.45 bits per heavy atom. The van der Waals surface area contributed by atoms with Gasteiger partial charge in [-0.25, -0.2) is 4.98 Å². The largest absolute Gasteiger partial charge is 0.228 e. The summed E-state index contributed by atoms with van der Waals surface area (Å²) in [6.07, 6.45) is 3.67. The summed E-state index contributed by atoms with van der Waals surface area (Å²) >= 11 is 2.08. The van der Waals surface area contributed by atoms with Crippen LogP contribution in [0, 0.1) is 9.52 Å². The summed E-state index contributed by atoms with van der Waals surface area (Å²) in [5, 5.41) is 0. The van der Waals surface area contributed by atoms with Gasteiger partial charge in [0.05, 0.1) is 0 Å². The lowest BCUT2D eigenvalue weighted by Gasteiger charge is -1.99. The molecule has 1 aromatic heterocycles. The monoisotopic (exact) mass is 263 g/mol.